The molecule has 0 N–H and O–H groups in total. The van der Waals surface area contributed by atoms with Gasteiger partial charge in [0.1, 0.15) is 0 Å². The molecule has 0 saturated heterocycles. The molecule has 2 nitrogen and oxygen atoms in total. The molecule has 1 aromatic heterocycles. The Kier molecular flexibility index (Phi) is 3.14. The first-order valence-corrected chi connectivity index (χ1v) is 6.63. The van der Waals surface area contributed by atoms with E-state index in [9.17, 15) is 0 Å². The molecule has 0 aliphatic rings. The van der Waals surface area contributed by atoms with Gasteiger partial charge < -0.3 is 0 Å². The van der Waals surface area contributed by atoms with Crippen molar-refractivity contribution in [2.75, 3.05) is 0 Å². The average molecular weight is 279 g/mol. The molecule has 3 rings (SSSR count). The van der Waals surface area contributed by atoms with E-state index in [-0.39, 0.29) is 0 Å². The Balaban J connectivity index is 2.30. The van der Waals surface area contributed by atoms with E-state index in [0.29, 0.717) is 10.6 Å². The molecule has 0 saturated carbocycles. The SMILES string of the molecule is Cc1ccc2cccc(-c3ccc(C#N)cc3Cl)c2n1. The summed E-state index contributed by atoms with van der Waals surface area (Å²) in [4.78, 5) is 4.61. The van der Waals surface area contributed by atoms with E-state index in [0.717, 1.165) is 27.7 Å². The standard InChI is InChI=1S/C17H11ClN2/c1-11-5-7-13-3-2-4-15(17(13)20-11)14-8-6-12(10-19)9-16(14)18/h2-9H,1H3. The van der Waals surface area contributed by atoms with E-state index < -0.39 is 0 Å². The van der Waals surface area contributed by atoms with Crippen LogP contribution in [0.25, 0.3) is 22.0 Å². The van der Waals surface area contributed by atoms with Crippen LogP contribution in [0.15, 0.2) is 48.5 Å². The van der Waals surface area contributed by atoms with Crippen LogP contribution in [0, 0.1) is 18.3 Å². The maximum absolute atomic E-state index is 8.91. The molecule has 0 unspecified atom stereocenters. The van der Waals surface area contributed by atoms with Gasteiger partial charge in [0.2, 0.25) is 0 Å². The predicted octanol–water partition coefficient (Wildman–Crippen LogP) is 4.74. The maximum atomic E-state index is 8.91. The van der Waals surface area contributed by atoms with Gasteiger partial charge in [0.25, 0.3) is 0 Å². The van der Waals surface area contributed by atoms with Gasteiger partial charge in [0.15, 0.2) is 0 Å². The summed E-state index contributed by atoms with van der Waals surface area (Å²) in [5.74, 6) is 0. The third kappa shape index (κ3) is 2.13. The van der Waals surface area contributed by atoms with Gasteiger partial charge in [-0.1, -0.05) is 41.9 Å². The number of benzene rings is 2. The van der Waals surface area contributed by atoms with Crippen LogP contribution in [0.4, 0.5) is 0 Å². The summed E-state index contributed by atoms with van der Waals surface area (Å²) < 4.78 is 0. The van der Waals surface area contributed by atoms with E-state index in [1.807, 2.05) is 37.3 Å². The van der Waals surface area contributed by atoms with Crippen LogP contribution < -0.4 is 0 Å². The van der Waals surface area contributed by atoms with Crippen LogP contribution in [0.1, 0.15) is 11.3 Å². The number of para-hydroxylation sites is 1. The van der Waals surface area contributed by atoms with Crippen molar-refractivity contribution < 1.29 is 0 Å². The van der Waals surface area contributed by atoms with Crippen molar-refractivity contribution in [2.45, 2.75) is 6.92 Å². The van der Waals surface area contributed by atoms with Crippen molar-refractivity contribution >= 4 is 22.5 Å². The molecular formula is C17H11ClN2. The van der Waals surface area contributed by atoms with Crippen LogP contribution in [0.5, 0.6) is 0 Å². The summed E-state index contributed by atoms with van der Waals surface area (Å²) in [7, 11) is 0. The highest BCUT2D eigenvalue weighted by molar-refractivity contribution is 6.33. The minimum Gasteiger partial charge on any atom is -0.252 e. The average Bonchev–Trinajstić information content (AvgIpc) is 2.46. The highest BCUT2D eigenvalue weighted by Gasteiger charge is 2.09. The second-order valence-electron chi connectivity index (χ2n) is 4.64. The summed E-state index contributed by atoms with van der Waals surface area (Å²) in [6, 6.07) is 17.5. The minimum absolute atomic E-state index is 0.558. The van der Waals surface area contributed by atoms with Crippen molar-refractivity contribution in [1.82, 2.24) is 4.98 Å². The van der Waals surface area contributed by atoms with Gasteiger partial charge in [-0.2, -0.15) is 5.26 Å². The monoisotopic (exact) mass is 278 g/mol. The van der Waals surface area contributed by atoms with Gasteiger partial charge in [-0.05, 0) is 25.1 Å². The quantitative estimate of drug-likeness (QED) is 0.645. The number of hydrogen-bond acceptors (Lipinski definition) is 2. The van der Waals surface area contributed by atoms with Gasteiger partial charge in [0, 0.05) is 27.2 Å². The van der Waals surface area contributed by atoms with E-state index in [1.54, 1.807) is 12.1 Å². The Labute approximate surface area is 122 Å². The Morgan fingerprint density at radius 1 is 1.05 bits per heavy atom. The Morgan fingerprint density at radius 2 is 1.90 bits per heavy atom. The molecule has 96 valence electrons. The maximum Gasteiger partial charge on any atom is 0.0992 e. The van der Waals surface area contributed by atoms with Crippen molar-refractivity contribution in [3.8, 4) is 17.2 Å². The first kappa shape index (κ1) is 12.7. The predicted molar refractivity (Wildman–Crippen MR) is 81.6 cm³/mol. The first-order valence-electron chi connectivity index (χ1n) is 6.25. The molecule has 0 atom stereocenters. The molecule has 2 aromatic carbocycles. The topological polar surface area (TPSA) is 36.7 Å². The molecule has 0 amide bonds. The lowest BCUT2D eigenvalue weighted by molar-refractivity contribution is 1.26. The van der Waals surface area contributed by atoms with Crippen molar-refractivity contribution in [1.29, 1.82) is 5.26 Å². The number of aromatic nitrogens is 1. The van der Waals surface area contributed by atoms with E-state index in [1.165, 1.54) is 0 Å². The van der Waals surface area contributed by atoms with Crippen molar-refractivity contribution in [2.24, 2.45) is 0 Å². The molecule has 1 heterocycles. The summed E-state index contributed by atoms with van der Waals surface area (Å²) in [6.07, 6.45) is 0. The fourth-order valence-electron chi connectivity index (χ4n) is 2.27. The second-order valence-corrected chi connectivity index (χ2v) is 5.04. The molecular weight excluding hydrogens is 268 g/mol. The molecule has 20 heavy (non-hydrogen) atoms. The molecule has 0 aliphatic carbocycles. The summed E-state index contributed by atoms with van der Waals surface area (Å²) in [5, 5.41) is 10.6. The largest absolute Gasteiger partial charge is 0.252 e. The third-order valence-electron chi connectivity index (χ3n) is 3.25. The highest BCUT2D eigenvalue weighted by Crippen LogP contribution is 2.33. The highest BCUT2D eigenvalue weighted by atomic mass is 35.5. The number of halogens is 1. The van der Waals surface area contributed by atoms with Gasteiger partial charge in [-0.3, -0.25) is 4.98 Å². The number of fused-ring (bicyclic) bond motifs is 1. The Morgan fingerprint density at radius 3 is 2.65 bits per heavy atom. The number of nitrogens with zero attached hydrogens (tertiary/aromatic N) is 2. The smallest absolute Gasteiger partial charge is 0.0992 e. The molecule has 0 aliphatic heterocycles. The van der Waals surface area contributed by atoms with Gasteiger partial charge in [-0.25, -0.2) is 0 Å². The number of hydrogen-bond donors (Lipinski definition) is 0. The molecule has 0 spiro atoms. The lowest BCUT2D eigenvalue weighted by Crippen LogP contribution is -1.88. The Hall–Kier alpha value is -2.37. The summed E-state index contributed by atoms with van der Waals surface area (Å²) in [6.45, 7) is 1.97. The van der Waals surface area contributed by atoms with Crippen LogP contribution in [0.3, 0.4) is 0 Å². The van der Waals surface area contributed by atoms with E-state index in [2.05, 4.69) is 17.1 Å². The minimum atomic E-state index is 0.558. The van der Waals surface area contributed by atoms with E-state index in [4.69, 9.17) is 16.9 Å². The lowest BCUT2D eigenvalue weighted by Gasteiger charge is -2.09. The second kappa shape index (κ2) is 4.96. The number of aryl methyl sites for hydroxylation is 1. The zero-order valence-electron chi connectivity index (χ0n) is 10.9. The first-order chi connectivity index (χ1) is 9.69. The van der Waals surface area contributed by atoms with Crippen LogP contribution >= 0.6 is 11.6 Å². The third-order valence-corrected chi connectivity index (χ3v) is 3.56. The zero-order valence-corrected chi connectivity index (χ0v) is 11.6. The fourth-order valence-corrected chi connectivity index (χ4v) is 2.55. The number of pyridine rings is 1. The van der Waals surface area contributed by atoms with Crippen LogP contribution in [-0.2, 0) is 0 Å². The van der Waals surface area contributed by atoms with Crippen LogP contribution in [0.2, 0.25) is 5.02 Å². The molecule has 0 radical (unpaired) electrons. The number of rotatable bonds is 1. The molecule has 3 heteroatoms. The number of nitriles is 1. The zero-order chi connectivity index (χ0) is 14.1. The van der Waals surface area contributed by atoms with Crippen LogP contribution in [-0.4, -0.2) is 4.98 Å². The summed E-state index contributed by atoms with van der Waals surface area (Å²) >= 11 is 6.30. The molecule has 0 bridgehead atoms. The molecule has 0 fully saturated rings. The lowest BCUT2D eigenvalue weighted by atomic mass is 10.0. The fraction of sp³-hybridized carbons (Fsp3) is 0.0588. The van der Waals surface area contributed by atoms with Crippen molar-refractivity contribution in [3.05, 3.63) is 64.8 Å². The van der Waals surface area contributed by atoms with E-state index >= 15 is 0 Å². The summed E-state index contributed by atoms with van der Waals surface area (Å²) in [5.41, 5.74) is 4.34. The van der Waals surface area contributed by atoms with Crippen molar-refractivity contribution in [3.63, 3.8) is 0 Å². The Bertz CT molecular complexity index is 847. The van der Waals surface area contributed by atoms with Gasteiger partial charge in [-0.15, -0.1) is 0 Å². The van der Waals surface area contributed by atoms with Gasteiger partial charge in [0.05, 0.1) is 17.1 Å². The van der Waals surface area contributed by atoms with Gasteiger partial charge >= 0.3 is 0 Å². The normalized spacial score (nSPS) is 10.4. The molecule has 3 aromatic rings.